The molecule has 2 aromatic heterocycles. The van der Waals surface area contributed by atoms with Crippen molar-refractivity contribution in [1.82, 2.24) is 15.3 Å². The van der Waals surface area contributed by atoms with Crippen molar-refractivity contribution in [1.29, 1.82) is 5.26 Å². The Hall–Kier alpha value is -3.09. The van der Waals surface area contributed by atoms with Crippen LogP contribution in [0.25, 0.3) is 11.3 Å². The van der Waals surface area contributed by atoms with Crippen LogP contribution in [0.3, 0.4) is 0 Å². The normalized spacial score (nSPS) is 10.3. The van der Waals surface area contributed by atoms with Gasteiger partial charge in [-0.1, -0.05) is 17.8 Å². The number of amides is 1. The Morgan fingerprint density at radius 2 is 2.14 bits per heavy atom. The van der Waals surface area contributed by atoms with Gasteiger partial charge in [0.25, 0.3) is 5.56 Å². The molecular formula is C19H16N4O3S2. The summed E-state index contributed by atoms with van der Waals surface area (Å²) in [5.41, 5.74) is 0.282. The average molecular weight is 412 g/mol. The number of aromatic nitrogens is 2. The highest BCUT2D eigenvalue weighted by Crippen LogP contribution is 2.24. The highest BCUT2D eigenvalue weighted by atomic mass is 32.2. The number of thiophene rings is 1. The van der Waals surface area contributed by atoms with Crippen LogP contribution in [0, 0.1) is 11.3 Å². The van der Waals surface area contributed by atoms with Gasteiger partial charge in [0.1, 0.15) is 17.4 Å². The lowest BCUT2D eigenvalue weighted by molar-refractivity contribution is -0.118. The molecule has 0 atom stereocenters. The summed E-state index contributed by atoms with van der Waals surface area (Å²) >= 11 is 2.67. The third kappa shape index (κ3) is 4.79. The minimum Gasteiger partial charge on any atom is -0.497 e. The van der Waals surface area contributed by atoms with E-state index in [-0.39, 0.29) is 28.1 Å². The first-order valence-electron chi connectivity index (χ1n) is 8.21. The summed E-state index contributed by atoms with van der Waals surface area (Å²) in [7, 11) is 1.55. The molecule has 0 aliphatic heterocycles. The summed E-state index contributed by atoms with van der Waals surface area (Å²) in [6, 6.07) is 12.7. The number of nitriles is 1. The number of carbonyl (C=O) groups is 1. The Balaban J connectivity index is 1.74. The second-order valence-corrected chi connectivity index (χ2v) is 7.58. The van der Waals surface area contributed by atoms with Crippen LogP contribution in [0.4, 0.5) is 0 Å². The molecule has 28 heavy (non-hydrogen) atoms. The first-order valence-corrected chi connectivity index (χ1v) is 10.1. The second kappa shape index (κ2) is 9.21. The average Bonchev–Trinajstić information content (AvgIpc) is 3.24. The number of hydrogen-bond acceptors (Lipinski definition) is 7. The number of rotatable bonds is 7. The van der Waals surface area contributed by atoms with Crippen molar-refractivity contribution >= 4 is 29.0 Å². The molecule has 0 radical (unpaired) electrons. The van der Waals surface area contributed by atoms with Crippen molar-refractivity contribution in [2.45, 2.75) is 11.7 Å². The molecule has 0 saturated carbocycles. The molecule has 3 aromatic rings. The molecule has 3 rings (SSSR count). The third-order valence-electron chi connectivity index (χ3n) is 3.75. The predicted octanol–water partition coefficient (Wildman–Crippen LogP) is 2.79. The zero-order valence-electron chi connectivity index (χ0n) is 14.9. The van der Waals surface area contributed by atoms with Crippen molar-refractivity contribution in [2.24, 2.45) is 0 Å². The number of hydrogen-bond donors (Lipinski definition) is 2. The van der Waals surface area contributed by atoms with Crippen molar-refractivity contribution in [3.05, 3.63) is 62.6 Å². The molecule has 0 fully saturated rings. The predicted molar refractivity (Wildman–Crippen MR) is 108 cm³/mol. The lowest BCUT2D eigenvalue weighted by Gasteiger charge is -2.08. The van der Waals surface area contributed by atoms with Crippen LogP contribution in [-0.2, 0) is 11.3 Å². The fourth-order valence-corrected chi connectivity index (χ4v) is 3.70. The van der Waals surface area contributed by atoms with E-state index in [1.165, 1.54) is 0 Å². The van der Waals surface area contributed by atoms with Crippen LogP contribution in [0.2, 0.25) is 0 Å². The van der Waals surface area contributed by atoms with Gasteiger partial charge in [0.15, 0.2) is 5.16 Å². The lowest BCUT2D eigenvalue weighted by Crippen LogP contribution is -2.24. The van der Waals surface area contributed by atoms with Crippen LogP contribution in [0.5, 0.6) is 5.75 Å². The summed E-state index contributed by atoms with van der Waals surface area (Å²) in [5, 5.41) is 14.4. The van der Waals surface area contributed by atoms with Gasteiger partial charge in [-0.3, -0.25) is 9.59 Å². The summed E-state index contributed by atoms with van der Waals surface area (Å²) in [5.74, 6) is 0.586. The smallest absolute Gasteiger partial charge is 0.270 e. The first-order chi connectivity index (χ1) is 13.6. The summed E-state index contributed by atoms with van der Waals surface area (Å²) < 4.78 is 5.12. The maximum Gasteiger partial charge on any atom is 0.270 e. The zero-order chi connectivity index (χ0) is 19.9. The molecule has 0 saturated heterocycles. The van der Waals surface area contributed by atoms with Crippen LogP contribution in [0.15, 0.2) is 51.7 Å². The maximum atomic E-state index is 12.3. The van der Waals surface area contributed by atoms with Gasteiger partial charge in [0.2, 0.25) is 5.91 Å². The van der Waals surface area contributed by atoms with E-state index in [1.807, 2.05) is 23.6 Å². The van der Waals surface area contributed by atoms with E-state index in [2.05, 4.69) is 15.3 Å². The van der Waals surface area contributed by atoms with Gasteiger partial charge in [-0.05, 0) is 35.7 Å². The number of H-pyrrole nitrogens is 1. The number of ether oxygens (including phenoxy) is 1. The van der Waals surface area contributed by atoms with Gasteiger partial charge in [-0.25, -0.2) is 4.98 Å². The molecule has 2 heterocycles. The van der Waals surface area contributed by atoms with Crippen molar-refractivity contribution in [3.8, 4) is 23.1 Å². The van der Waals surface area contributed by atoms with E-state index in [0.29, 0.717) is 17.9 Å². The molecule has 0 spiro atoms. The van der Waals surface area contributed by atoms with Crippen molar-refractivity contribution in [2.75, 3.05) is 12.9 Å². The van der Waals surface area contributed by atoms with E-state index in [4.69, 9.17) is 4.74 Å². The van der Waals surface area contributed by atoms with Gasteiger partial charge in [-0.15, -0.1) is 11.3 Å². The molecule has 142 valence electrons. The number of carbonyl (C=O) groups excluding carboxylic acids is 1. The van der Waals surface area contributed by atoms with E-state index < -0.39 is 5.56 Å². The van der Waals surface area contributed by atoms with Gasteiger partial charge in [0.05, 0.1) is 25.1 Å². The summed E-state index contributed by atoms with van der Waals surface area (Å²) in [6.07, 6.45) is 0. The molecule has 1 aromatic carbocycles. The fraction of sp³-hybridized carbons (Fsp3) is 0.158. The quantitative estimate of drug-likeness (QED) is 0.456. The van der Waals surface area contributed by atoms with Gasteiger partial charge < -0.3 is 15.0 Å². The fourth-order valence-electron chi connectivity index (χ4n) is 2.37. The van der Waals surface area contributed by atoms with Crippen LogP contribution >= 0.6 is 23.1 Å². The Bertz CT molecular complexity index is 1050. The number of nitrogens with one attached hydrogen (secondary N) is 2. The molecule has 2 N–H and O–H groups in total. The number of benzene rings is 1. The molecular weight excluding hydrogens is 396 g/mol. The highest BCUT2D eigenvalue weighted by molar-refractivity contribution is 7.99. The number of thioether (sulfide) groups is 1. The Kier molecular flexibility index (Phi) is 6.47. The van der Waals surface area contributed by atoms with Crippen molar-refractivity contribution < 1.29 is 9.53 Å². The molecule has 0 aliphatic carbocycles. The Labute approximate surface area is 169 Å². The van der Waals surface area contributed by atoms with E-state index >= 15 is 0 Å². The Morgan fingerprint density at radius 1 is 1.36 bits per heavy atom. The maximum absolute atomic E-state index is 12.3. The highest BCUT2D eigenvalue weighted by Gasteiger charge is 2.14. The van der Waals surface area contributed by atoms with Gasteiger partial charge in [-0.2, -0.15) is 5.26 Å². The lowest BCUT2D eigenvalue weighted by atomic mass is 10.1. The molecule has 7 nitrogen and oxygen atoms in total. The minimum atomic E-state index is -0.537. The molecule has 0 bridgehead atoms. The number of methoxy groups -OCH3 is 1. The monoisotopic (exact) mass is 412 g/mol. The van der Waals surface area contributed by atoms with E-state index in [0.717, 1.165) is 16.6 Å². The topological polar surface area (TPSA) is 108 Å². The van der Waals surface area contributed by atoms with Gasteiger partial charge in [0, 0.05) is 10.4 Å². The number of aromatic amines is 1. The number of nitrogens with zero attached hydrogens (tertiary/aromatic N) is 2. The van der Waals surface area contributed by atoms with Crippen LogP contribution < -0.4 is 15.6 Å². The molecule has 1 amide bonds. The SMILES string of the molecule is COc1ccc(-c2nc(SCC(=O)NCc3cccs3)[nH]c(=O)c2C#N)cc1. The van der Waals surface area contributed by atoms with Gasteiger partial charge >= 0.3 is 0 Å². The second-order valence-electron chi connectivity index (χ2n) is 5.58. The third-order valence-corrected chi connectivity index (χ3v) is 5.50. The summed E-state index contributed by atoms with van der Waals surface area (Å²) in [4.78, 5) is 32.3. The van der Waals surface area contributed by atoms with E-state index in [1.54, 1.807) is 42.7 Å². The minimum absolute atomic E-state index is 0.0725. The summed E-state index contributed by atoms with van der Waals surface area (Å²) in [6.45, 7) is 0.464. The standard InChI is InChI=1S/C19H16N4O3S2/c1-26-13-6-4-12(5-7-13)17-15(9-20)18(25)23-19(22-17)28-11-16(24)21-10-14-3-2-8-27-14/h2-8H,10-11H2,1H3,(H,21,24)(H,22,23,25). The molecule has 0 unspecified atom stereocenters. The first kappa shape index (κ1) is 19.7. The molecule has 0 aliphatic rings. The molecule has 9 heteroatoms. The largest absolute Gasteiger partial charge is 0.497 e. The van der Waals surface area contributed by atoms with E-state index in [9.17, 15) is 14.9 Å². The van der Waals surface area contributed by atoms with Crippen LogP contribution in [-0.4, -0.2) is 28.7 Å². The van der Waals surface area contributed by atoms with Crippen LogP contribution in [0.1, 0.15) is 10.4 Å². The van der Waals surface area contributed by atoms with Crippen molar-refractivity contribution in [3.63, 3.8) is 0 Å². The Morgan fingerprint density at radius 3 is 2.79 bits per heavy atom. The zero-order valence-corrected chi connectivity index (χ0v) is 16.5.